The van der Waals surface area contributed by atoms with Gasteiger partial charge >= 0.3 is 5.97 Å². The molecule has 2 aliphatic heterocycles. The van der Waals surface area contributed by atoms with E-state index in [4.69, 9.17) is 14.6 Å². The lowest BCUT2D eigenvalue weighted by Crippen LogP contribution is -2.49. The smallest absolute Gasteiger partial charge is 0.306 e. The molecule has 2 heterocycles. The van der Waals surface area contributed by atoms with Crippen molar-refractivity contribution in [3.8, 4) is 11.5 Å². The third-order valence-corrected chi connectivity index (χ3v) is 7.55. The number of rotatable bonds is 7. The lowest BCUT2D eigenvalue weighted by molar-refractivity contribution is -0.192. The molecule has 1 N–H and O–H groups in total. The van der Waals surface area contributed by atoms with Gasteiger partial charge in [0, 0.05) is 6.07 Å². The molecule has 0 amide bonds. The molecule has 4 fully saturated rings. The molecule has 6 rings (SSSR count). The average Bonchev–Trinajstić information content (AvgIpc) is 3.57. The third kappa shape index (κ3) is 3.93. The molecule has 2 aliphatic carbocycles. The first-order valence-electron chi connectivity index (χ1n) is 11.0. The molecule has 2 saturated carbocycles. The van der Waals surface area contributed by atoms with Crippen LogP contribution in [0.15, 0.2) is 42.5 Å². The van der Waals surface area contributed by atoms with Gasteiger partial charge in [0.15, 0.2) is 11.6 Å². The summed E-state index contributed by atoms with van der Waals surface area (Å²) in [4.78, 5) is 11.1. The van der Waals surface area contributed by atoms with Crippen molar-refractivity contribution in [2.24, 2.45) is 17.3 Å². The highest BCUT2D eigenvalue weighted by molar-refractivity contribution is 5.73. The Bertz CT molecular complexity index is 980. The summed E-state index contributed by atoms with van der Waals surface area (Å²) in [5.41, 5.74) is 0.889. The van der Waals surface area contributed by atoms with Crippen LogP contribution in [0.2, 0.25) is 0 Å². The molecular weight excluding hydrogens is 402 g/mol. The summed E-state index contributed by atoms with van der Waals surface area (Å²) in [6.07, 6.45) is 6.84. The van der Waals surface area contributed by atoms with Crippen molar-refractivity contribution in [3.63, 3.8) is 0 Å². The van der Waals surface area contributed by atoms with Gasteiger partial charge in [-0.3, -0.25) is 4.79 Å². The van der Waals surface area contributed by atoms with Gasteiger partial charge in [-0.05, 0) is 86.1 Å². The van der Waals surface area contributed by atoms with Crippen LogP contribution in [0, 0.1) is 28.9 Å². The topological polar surface area (TPSA) is 55.8 Å². The Morgan fingerprint density at radius 3 is 2.48 bits per heavy atom. The SMILES string of the molecule is O=C(O)C1CC1CCC12CCC(c3cccc(Oc4ccc(F)c(F)c4)c3)(CC1)OC2. The van der Waals surface area contributed by atoms with E-state index in [2.05, 4.69) is 0 Å². The zero-order valence-electron chi connectivity index (χ0n) is 17.3. The molecule has 0 aromatic heterocycles. The number of halogens is 2. The van der Waals surface area contributed by atoms with Gasteiger partial charge in [-0.25, -0.2) is 8.78 Å². The molecule has 2 atom stereocenters. The second-order valence-electron chi connectivity index (χ2n) is 9.47. The number of carboxylic acids is 1. The summed E-state index contributed by atoms with van der Waals surface area (Å²) in [5, 5.41) is 9.12. The van der Waals surface area contributed by atoms with Crippen LogP contribution in [0.5, 0.6) is 11.5 Å². The number of carboxylic acid groups (broad SMARTS) is 1. The maximum Gasteiger partial charge on any atom is 0.306 e. The highest BCUT2D eigenvalue weighted by atomic mass is 19.2. The van der Waals surface area contributed by atoms with Crippen LogP contribution in [0.4, 0.5) is 8.78 Å². The van der Waals surface area contributed by atoms with E-state index in [0.717, 1.165) is 62.6 Å². The van der Waals surface area contributed by atoms with Crippen molar-refractivity contribution in [2.75, 3.05) is 6.61 Å². The Kier molecular flexibility index (Phi) is 5.00. The lowest BCUT2D eigenvalue weighted by Gasteiger charge is -2.53. The van der Waals surface area contributed by atoms with E-state index in [1.165, 1.54) is 6.07 Å². The summed E-state index contributed by atoms with van der Waals surface area (Å²) in [5.74, 6) is -1.48. The fourth-order valence-electron chi connectivity index (χ4n) is 5.34. The van der Waals surface area contributed by atoms with Crippen molar-refractivity contribution < 1.29 is 28.2 Å². The van der Waals surface area contributed by atoms with Crippen molar-refractivity contribution in [1.29, 1.82) is 0 Å². The van der Waals surface area contributed by atoms with Gasteiger partial charge in [-0.1, -0.05) is 12.1 Å². The number of hydrogen-bond donors (Lipinski definition) is 1. The molecule has 2 saturated heterocycles. The van der Waals surface area contributed by atoms with Gasteiger partial charge < -0.3 is 14.6 Å². The maximum atomic E-state index is 13.5. The van der Waals surface area contributed by atoms with Gasteiger partial charge in [-0.15, -0.1) is 0 Å². The van der Waals surface area contributed by atoms with Crippen molar-refractivity contribution in [3.05, 3.63) is 59.7 Å². The maximum absolute atomic E-state index is 13.5. The summed E-state index contributed by atoms with van der Waals surface area (Å²) in [6, 6.07) is 11.2. The first-order chi connectivity index (χ1) is 14.9. The number of fused-ring (bicyclic) bond motifs is 3. The van der Waals surface area contributed by atoms with Gasteiger partial charge in [-0.2, -0.15) is 0 Å². The van der Waals surface area contributed by atoms with Crippen LogP contribution in [0.25, 0.3) is 0 Å². The molecule has 2 aromatic carbocycles. The predicted molar refractivity (Wildman–Crippen MR) is 110 cm³/mol. The minimum absolute atomic E-state index is 0.138. The standard InChI is InChI=1S/C25H26F2O4/c26-21-5-4-19(14-22(21)27)31-18-3-1-2-17(13-18)25-10-8-24(9-11-25,15-30-25)7-6-16-12-20(16)23(28)29/h1-5,13-14,16,20H,6-12,15H2,(H,28,29). The Morgan fingerprint density at radius 1 is 1.06 bits per heavy atom. The van der Waals surface area contributed by atoms with E-state index in [1.54, 1.807) is 6.07 Å². The van der Waals surface area contributed by atoms with Crippen LogP contribution in [0.3, 0.4) is 0 Å². The van der Waals surface area contributed by atoms with Crippen molar-refractivity contribution in [1.82, 2.24) is 0 Å². The Labute approximate surface area is 180 Å². The summed E-state index contributed by atoms with van der Waals surface area (Å²) in [6.45, 7) is 0.700. The fraction of sp³-hybridized carbons (Fsp3) is 0.480. The van der Waals surface area contributed by atoms with Crippen LogP contribution in [-0.4, -0.2) is 17.7 Å². The van der Waals surface area contributed by atoms with Crippen LogP contribution >= 0.6 is 0 Å². The van der Waals surface area contributed by atoms with Crippen LogP contribution in [0.1, 0.15) is 50.5 Å². The second-order valence-corrected chi connectivity index (χ2v) is 9.47. The minimum atomic E-state index is -0.938. The van der Waals surface area contributed by atoms with Crippen molar-refractivity contribution in [2.45, 2.75) is 50.5 Å². The van der Waals surface area contributed by atoms with Gasteiger partial charge in [0.25, 0.3) is 0 Å². The number of ether oxygens (including phenoxy) is 2. The van der Waals surface area contributed by atoms with Crippen LogP contribution < -0.4 is 4.74 Å². The molecule has 31 heavy (non-hydrogen) atoms. The Hall–Kier alpha value is -2.47. The van der Waals surface area contributed by atoms with E-state index in [1.807, 2.05) is 18.2 Å². The molecule has 0 radical (unpaired) electrons. The molecule has 4 aliphatic rings. The van der Waals surface area contributed by atoms with Crippen LogP contribution in [-0.2, 0) is 15.1 Å². The lowest BCUT2D eigenvalue weighted by atomic mass is 9.62. The first-order valence-corrected chi connectivity index (χ1v) is 11.0. The predicted octanol–water partition coefficient (Wildman–Crippen LogP) is 6.04. The second kappa shape index (κ2) is 7.59. The quantitative estimate of drug-likeness (QED) is 0.584. The van der Waals surface area contributed by atoms with E-state index in [-0.39, 0.29) is 22.7 Å². The molecule has 6 heteroatoms. The zero-order chi connectivity index (χ0) is 21.6. The first kappa shape index (κ1) is 20.4. The van der Waals surface area contributed by atoms with Gasteiger partial charge in [0.1, 0.15) is 11.5 Å². The molecule has 4 nitrogen and oxygen atoms in total. The minimum Gasteiger partial charge on any atom is -0.481 e. The summed E-state index contributed by atoms with van der Waals surface area (Å²) < 4.78 is 38.8. The average molecular weight is 428 g/mol. The molecule has 0 spiro atoms. The monoisotopic (exact) mass is 428 g/mol. The largest absolute Gasteiger partial charge is 0.481 e. The molecular formula is C25H26F2O4. The van der Waals surface area contributed by atoms with E-state index in [0.29, 0.717) is 18.3 Å². The van der Waals surface area contributed by atoms with E-state index in [9.17, 15) is 13.6 Å². The number of benzene rings is 2. The van der Waals surface area contributed by atoms with E-state index >= 15 is 0 Å². The number of aliphatic carboxylic acids is 1. The summed E-state index contributed by atoms with van der Waals surface area (Å²) >= 11 is 0. The molecule has 2 aromatic rings. The molecule has 164 valence electrons. The normalized spacial score (nSPS) is 31.4. The Balaban J connectivity index is 1.24. The number of carbonyl (C=O) groups is 1. The molecule has 2 unspecified atom stereocenters. The highest BCUT2D eigenvalue weighted by Crippen LogP contribution is 2.57. The fourth-order valence-corrected chi connectivity index (χ4v) is 5.34. The van der Waals surface area contributed by atoms with Crippen molar-refractivity contribution >= 4 is 5.97 Å². The Morgan fingerprint density at radius 2 is 1.84 bits per heavy atom. The number of hydrogen-bond acceptors (Lipinski definition) is 3. The molecule has 2 bridgehead atoms. The summed E-state index contributed by atoms with van der Waals surface area (Å²) in [7, 11) is 0. The zero-order valence-corrected chi connectivity index (χ0v) is 17.3. The third-order valence-electron chi connectivity index (χ3n) is 7.55. The highest BCUT2D eigenvalue weighted by Gasteiger charge is 2.52. The van der Waals surface area contributed by atoms with E-state index < -0.39 is 17.6 Å². The van der Waals surface area contributed by atoms with Gasteiger partial charge in [0.2, 0.25) is 0 Å². The van der Waals surface area contributed by atoms with Gasteiger partial charge in [0.05, 0.1) is 18.1 Å².